The molecule has 1 heterocycles. The van der Waals surface area contributed by atoms with Gasteiger partial charge in [0.2, 0.25) is 0 Å². The van der Waals surface area contributed by atoms with Crippen molar-refractivity contribution in [1.29, 1.82) is 0 Å². The molecule has 1 aliphatic rings. The van der Waals surface area contributed by atoms with Crippen LogP contribution < -0.4 is 0 Å². The molecule has 1 saturated heterocycles. The fourth-order valence-electron chi connectivity index (χ4n) is 1.80. The molecule has 1 fully saturated rings. The standard InChI is InChI=1S/C12H23FO3/c1-7(2)14-6-10-12(15-8(3)4)11(13)9(5)16-10/h7-12H,6H2,1-5H3/t9-,10+,11+,12+/m0/s1. The minimum Gasteiger partial charge on any atom is -0.376 e. The Morgan fingerprint density at radius 3 is 2.31 bits per heavy atom. The quantitative estimate of drug-likeness (QED) is 0.730. The molecule has 4 heteroatoms. The maximum atomic E-state index is 13.8. The number of alkyl halides is 1. The van der Waals surface area contributed by atoms with Crippen LogP contribution in [0.3, 0.4) is 0 Å². The van der Waals surface area contributed by atoms with Gasteiger partial charge in [-0.3, -0.25) is 0 Å². The Morgan fingerprint density at radius 1 is 1.19 bits per heavy atom. The first-order chi connectivity index (χ1) is 7.41. The van der Waals surface area contributed by atoms with Gasteiger partial charge in [-0.05, 0) is 34.6 Å². The predicted molar refractivity (Wildman–Crippen MR) is 60.3 cm³/mol. The van der Waals surface area contributed by atoms with Crippen molar-refractivity contribution in [1.82, 2.24) is 0 Å². The Labute approximate surface area is 97.3 Å². The number of rotatable bonds is 5. The molecule has 0 N–H and O–H groups in total. The van der Waals surface area contributed by atoms with Crippen LogP contribution in [0.1, 0.15) is 34.6 Å². The van der Waals surface area contributed by atoms with Crippen molar-refractivity contribution < 1.29 is 18.6 Å². The minimum atomic E-state index is -1.07. The molecule has 0 aromatic heterocycles. The van der Waals surface area contributed by atoms with Gasteiger partial charge in [-0.1, -0.05) is 0 Å². The van der Waals surface area contributed by atoms with Gasteiger partial charge in [0, 0.05) is 0 Å². The van der Waals surface area contributed by atoms with E-state index in [0.29, 0.717) is 6.61 Å². The molecule has 96 valence electrons. The normalized spacial score (nSPS) is 35.2. The van der Waals surface area contributed by atoms with Gasteiger partial charge in [-0.25, -0.2) is 4.39 Å². The zero-order chi connectivity index (χ0) is 12.3. The van der Waals surface area contributed by atoms with Gasteiger partial charge in [-0.15, -0.1) is 0 Å². The molecular formula is C12H23FO3. The summed E-state index contributed by atoms with van der Waals surface area (Å²) in [6.07, 6.45) is -2.16. The highest BCUT2D eigenvalue weighted by molar-refractivity contribution is 4.90. The molecule has 0 aromatic carbocycles. The van der Waals surface area contributed by atoms with E-state index in [2.05, 4.69) is 0 Å². The van der Waals surface area contributed by atoms with E-state index in [4.69, 9.17) is 14.2 Å². The maximum Gasteiger partial charge on any atom is 0.155 e. The van der Waals surface area contributed by atoms with E-state index in [-0.39, 0.29) is 18.3 Å². The molecule has 1 rings (SSSR count). The van der Waals surface area contributed by atoms with Crippen molar-refractivity contribution in [2.45, 2.75) is 71.3 Å². The third-order valence-electron chi connectivity index (χ3n) is 2.54. The summed E-state index contributed by atoms with van der Waals surface area (Å²) >= 11 is 0. The van der Waals surface area contributed by atoms with Gasteiger partial charge in [0.1, 0.15) is 12.2 Å². The van der Waals surface area contributed by atoms with Crippen molar-refractivity contribution in [2.24, 2.45) is 0 Å². The lowest BCUT2D eigenvalue weighted by atomic mass is 10.1. The third-order valence-corrected chi connectivity index (χ3v) is 2.54. The summed E-state index contributed by atoms with van der Waals surface area (Å²) in [4.78, 5) is 0. The molecule has 0 radical (unpaired) electrons. The molecule has 0 bridgehead atoms. The average Bonchev–Trinajstić information content (AvgIpc) is 2.42. The molecule has 0 spiro atoms. The summed E-state index contributed by atoms with van der Waals surface area (Å²) in [7, 11) is 0. The summed E-state index contributed by atoms with van der Waals surface area (Å²) in [5.74, 6) is 0. The largest absolute Gasteiger partial charge is 0.376 e. The Hall–Kier alpha value is -0.190. The first-order valence-corrected chi connectivity index (χ1v) is 5.98. The van der Waals surface area contributed by atoms with E-state index in [9.17, 15) is 4.39 Å². The lowest BCUT2D eigenvalue weighted by Crippen LogP contribution is -2.37. The smallest absolute Gasteiger partial charge is 0.155 e. The minimum absolute atomic E-state index is 0.00120. The topological polar surface area (TPSA) is 27.7 Å². The molecule has 0 amide bonds. The molecule has 0 saturated carbocycles. The van der Waals surface area contributed by atoms with Crippen molar-refractivity contribution in [3.63, 3.8) is 0 Å². The molecule has 16 heavy (non-hydrogen) atoms. The van der Waals surface area contributed by atoms with Crippen LogP contribution in [0.2, 0.25) is 0 Å². The van der Waals surface area contributed by atoms with Crippen LogP contribution in [0, 0.1) is 0 Å². The van der Waals surface area contributed by atoms with Crippen molar-refractivity contribution in [3.05, 3.63) is 0 Å². The van der Waals surface area contributed by atoms with Crippen LogP contribution in [-0.2, 0) is 14.2 Å². The number of hydrogen-bond donors (Lipinski definition) is 0. The zero-order valence-electron chi connectivity index (χ0n) is 10.8. The lowest BCUT2D eigenvalue weighted by Gasteiger charge is -2.22. The Bertz CT molecular complexity index is 208. The SMILES string of the molecule is CC(C)OC[C@H]1O[C@@H](C)[C@@H](F)[C@@H]1OC(C)C. The van der Waals surface area contributed by atoms with Crippen molar-refractivity contribution in [2.75, 3.05) is 6.61 Å². The van der Waals surface area contributed by atoms with Gasteiger partial charge in [0.15, 0.2) is 6.17 Å². The Balaban J connectivity index is 2.52. The van der Waals surface area contributed by atoms with E-state index in [1.165, 1.54) is 0 Å². The molecule has 3 nitrogen and oxygen atoms in total. The highest BCUT2D eigenvalue weighted by Crippen LogP contribution is 2.27. The summed E-state index contributed by atoms with van der Waals surface area (Å²) < 4.78 is 30.3. The number of hydrogen-bond acceptors (Lipinski definition) is 3. The van der Waals surface area contributed by atoms with Gasteiger partial charge >= 0.3 is 0 Å². The van der Waals surface area contributed by atoms with Gasteiger partial charge in [0.05, 0.1) is 24.9 Å². The highest BCUT2D eigenvalue weighted by Gasteiger charge is 2.44. The van der Waals surface area contributed by atoms with E-state index < -0.39 is 18.4 Å². The molecule has 0 aromatic rings. The summed E-state index contributed by atoms with van der Waals surface area (Å²) in [5.41, 5.74) is 0. The fourth-order valence-corrected chi connectivity index (χ4v) is 1.80. The van der Waals surface area contributed by atoms with Crippen molar-refractivity contribution in [3.8, 4) is 0 Å². The maximum absolute atomic E-state index is 13.8. The van der Waals surface area contributed by atoms with Crippen LogP contribution >= 0.6 is 0 Å². The molecular weight excluding hydrogens is 211 g/mol. The molecule has 0 unspecified atom stereocenters. The highest BCUT2D eigenvalue weighted by atomic mass is 19.1. The van der Waals surface area contributed by atoms with Crippen LogP contribution in [0.15, 0.2) is 0 Å². The van der Waals surface area contributed by atoms with Crippen LogP contribution in [0.5, 0.6) is 0 Å². The second-order valence-electron chi connectivity index (χ2n) is 4.86. The number of halogens is 1. The average molecular weight is 234 g/mol. The van der Waals surface area contributed by atoms with Gasteiger partial charge < -0.3 is 14.2 Å². The first-order valence-electron chi connectivity index (χ1n) is 5.98. The van der Waals surface area contributed by atoms with E-state index in [1.54, 1.807) is 6.92 Å². The molecule has 4 atom stereocenters. The van der Waals surface area contributed by atoms with Gasteiger partial charge in [0.25, 0.3) is 0 Å². The van der Waals surface area contributed by atoms with Crippen LogP contribution in [0.25, 0.3) is 0 Å². The Kier molecular flexibility index (Phi) is 5.15. The third kappa shape index (κ3) is 3.68. The predicted octanol–water partition coefficient (Wildman–Crippen LogP) is 2.33. The van der Waals surface area contributed by atoms with E-state index >= 15 is 0 Å². The Morgan fingerprint density at radius 2 is 1.81 bits per heavy atom. The lowest BCUT2D eigenvalue weighted by molar-refractivity contribution is -0.0892. The molecule has 0 aliphatic carbocycles. The molecule has 1 aliphatic heterocycles. The van der Waals surface area contributed by atoms with E-state index in [0.717, 1.165) is 0 Å². The van der Waals surface area contributed by atoms with Gasteiger partial charge in [-0.2, -0.15) is 0 Å². The summed E-state index contributed by atoms with van der Waals surface area (Å²) in [6, 6.07) is 0. The number of ether oxygens (including phenoxy) is 3. The van der Waals surface area contributed by atoms with Crippen LogP contribution in [0.4, 0.5) is 4.39 Å². The van der Waals surface area contributed by atoms with Crippen LogP contribution in [-0.4, -0.2) is 43.3 Å². The van der Waals surface area contributed by atoms with E-state index in [1.807, 2.05) is 27.7 Å². The second kappa shape index (κ2) is 5.94. The second-order valence-corrected chi connectivity index (χ2v) is 4.86. The van der Waals surface area contributed by atoms with Crippen molar-refractivity contribution >= 4 is 0 Å². The summed E-state index contributed by atoms with van der Waals surface area (Å²) in [6.45, 7) is 9.82. The first kappa shape index (κ1) is 13.9. The fraction of sp³-hybridized carbons (Fsp3) is 1.00. The monoisotopic (exact) mass is 234 g/mol. The summed E-state index contributed by atoms with van der Waals surface area (Å²) in [5, 5.41) is 0. The zero-order valence-corrected chi connectivity index (χ0v) is 10.8.